The molecular formula is C14H22N2O3. The number of hydrogen-bond acceptors (Lipinski definition) is 4. The van der Waals surface area contributed by atoms with E-state index in [-0.39, 0.29) is 12.6 Å². The molecule has 1 fully saturated rings. The smallest absolute Gasteiger partial charge is 0.355 e. The van der Waals surface area contributed by atoms with Gasteiger partial charge >= 0.3 is 5.97 Å². The minimum atomic E-state index is -0.286. The van der Waals surface area contributed by atoms with Crippen LogP contribution in [0.5, 0.6) is 0 Å². The number of nitrogens with two attached hydrogens (primary N) is 1. The molecular weight excluding hydrogens is 244 g/mol. The zero-order valence-corrected chi connectivity index (χ0v) is 11.2. The van der Waals surface area contributed by atoms with Gasteiger partial charge in [0.25, 0.3) is 0 Å². The van der Waals surface area contributed by atoms with E-state index in [4.69, 9.17) is 15.6 Å². The van der Waals surface area contributed by atoms with E-state index in [2.05, 4.69) is 0 Å². The third-order valence-corrected chi connectivity index (χ3v) is 3.30. The molecule has 106 valence electrons. The Morgan fingerprint density at radius 1 is 1.37 bits per heavy atom. The predicted molar refractivity (Wildman–Crippen MR) is 73.0 cm³/mol. The van der Waals surface area contributed by atoms with Crippen molar-refractivity contribution in [3.8, 4) is 0 Å². The fourth-order valence-electron chi connectivity index (χ4n) is 2.13. The number of aliphatic hydroxyl groups is 1. The van der Waals surface area contributed by atoms with Crippen molar-refractivity contribution < 1.29 is 14.6 Å². The lowest BCUT2D eigenvalue weighted by molar-refractivity contribution is 0.0484. The van der Waals surface area contributed by atoms with Crippen LogP contribution in [0.4, 0.5) is 5.69 Å². The molecule has 0 unspecified atom stereocenters. The number of carbonyl (C=O) groups is 1. The van der Waals surface area contributed by atoms with Crippen molar-refractivity contribution in [2.45, 2.75) is 44.6 Å². The summed E-state index contributed by atoms with van der Waals surface area (Å²) >= 11 is 0. The molecule has 5 heteroatoms. The van der Waals surface area contributed by atoms with E-state index in [1.807, 2.05) is 10.8 Å². The third kappa shape index (κ3) is 3.99. The summed E-state index contributed by atoms with van der Waals surface area (Å²) in [5.41, 5.74) is 6.92. The number of carbonyl (C=O) groups excluding carboxylic acids is 1. The Bertz CT molecular complexity index is 424. The largest absolute Gasteiger partial charge is 0.461 e. The average molecular weight is 266 g/mol. The van der Waals surface area contributed by atoms with Crippen molar-refractivity contribution in [1.29, 1.82) is 0 Å². The molecule has 0 aliphatic heterocycles. The van der Waals surface area contributed by atoms with Crippen LogP contribution in [0.15, 0.2) is 12.3 Å². The molecule has 1 aromatic rings. The number of aliphatic hydroxyl groups excluding tert-OH is 1. The lowest BCUT2D eigenvalue weighted by atomic mass is 10.2. The molecule has 0 spiro atoms. The van der Waals surface area contributed by atoms with Gasteiger partial charge in [0.15, 0.2) is 0 Å². The summed E-state index contributed by atoms with van der Waals surface area (Å²) in [5.74, 6) is -0.286. The second-order valence-electron chi connectivity index (χ2n) is 5.07. The SMILES string of the molecule is Nc1cc(C(=O)OCCCCCCO)n(C2CC2)c1. The highest BCUT2D eigenvalue weighted by Gasteiger charge is 2.28. The molecule has 1 aliphatic carbocycles. The molecule has 0 amide bonds. The molecule has 1 heterocycles. The van der Waals surface area contributed by atoms with Gasteiger partial charge in [-0.2, -0.15) is 0 Å². The van der Waals surface area contributed by atoms with E-state index in [1.54, 1.807) is 6.07 Å². The van der Waals surface area contributed by atoms with Crippen molar-refractivity contribution >= 4 is 11.7 Å². The molecule has 3 N–H and O–H groups in total. The van der Waals surface area contributed by atoms with Gasteiger partial charge in [-0.05, 0) is 38.2 Å². The molecule has 0 aromatic carbocycles. The first kappa shape index (κ1) is 13.9. The van der Waals surface area contributed by atoms with Crippen LogP contribution in [0.25, 0.3) is 0 Å². The Hall–Kier alpha value is -1.49. The Labute approximate surface area is 113 Å². The first-order valence-electron chi connectivity index (χ1n) is 6.97. The number of rotatable bonds is 8. The molecule has 0 atom stereocenters. The lowest BCUT2D eigenvalue weighted by Crippen LogP contribution is -2.11. The van der Waals surface area contributed by atoms with Crippen molar-refractivity contribution in [1.82, 2.24) is 4.57 Å². The van der Waals surface area contributed by atoms with Crippen LogP contribution in [-0.2, 0) is 4.74 Å². The maximum Gasteiger partial charge on any atom is 0.355 e. The minimum absolute atomic E-state index is 0.230. The molecule has 0 saturated heterocycles. The second-order valence-corrected chi connectivity index (χ2v) is 5.07. The quantitative estimate of drug-likeness (QED) is 0.558. The number of hydrogen-bond donors (Lipinski definition) is 2. The standard InChI is InChI=1S/C14H22N2O3/c15-11-9-13(16(10-11)12-5-6-12)14(18)19-8-4-2-1-3-7-17/h9-10,12,17H,1-8,15H2. The topological polar surface area (TPSA) is 77.5 Å². The van der Waals surface area contributed by atoms with Crippen LogP contribution in [0.3, 0.4) is 0 Å². The van der Waals surface area contributed by atoms with E-state index in [1.165, 1.54) is 0 Å². The van der Waals surface area contributed by atoms with Gasteiger partial charge in [0.05, 0.1) is 12.3 Å². The minimum Gasteiger partial charge on any atom is -0.461 e. The lowest BCUT2D eigenvalue weighted by Gasteiger charge is -2.07. The molecule has 0 radical (unpaired) electrons. The Kier molecular flexibility index (Phi) is 4.85. The summed E-state index contributed by atoms with van der Waals surface area (Å²) in [5, 5.41) is 8.65. The highest BCUT2D eigenvalue weighted by molar-refractivity contribution is 5.89. The van der Waals surface area contributed by atoms with Gasteiger partial charge in [-0.1, -0.05) is 6.42 Å². The number of nitrogens with zero attached hydrogens (tertiary/aromatic N) is 1. The van der Waals surface area contributed by atoms with Crippen molar-refractivity contribution in [2.75, 3.05) is 18.9 Å². The number of aromatic nitrogens is 1. The van der Waals surface area contributed by atoms with Crippen LogP contribution in [0.2, 0.25) is 0 Å². The summed E-state index contributed by atoms with van der Waals surface area (Å²) < 4.78 is 7.20. The Morgan fingerprint density at radius 3 is 2.79 bits per heavy atom. The molecule has 5 nitrogen and oxygen atoms in total. The number of nitrogen functional groups attached to an aromatic ring is 1. The Morgan fingerprint density at radius 2 is 2.11 bits per heavy atom. The zero-order valence-electron chi connectivity index (χ0n) is 11.2. The van der Waals surface area contributed by atoms with E-state index in [0.29, 0.717) is 24.0 Å². The maximum atomic E-state index is 12.0. The molecule has 19 heavy (non-hydrogen) atoms. The van der Waals surface area contributed by atoms with Gasteiger partial charge in [0.1, 0.15) is 5.69 Å². The van der Waals surface area contributed by atoms with Gasteiger partial charge in [0.2, 0.25) is 0 Å². The van der Waals surface area contributed by atoms with Crippen LogP contribution < -0.4 is 5.73 Å². The van der Waals surface area contributed by atoms with Crippen LogP contribution in [0, 0.1) is 0 Å². The summed E-state index contributed by atoms with van der Waals surface area (Å²) in [6, 6.07) is 2.11. The van der Waals surface area contributed by atoms with Crippen LogP contribution >= 0.6 is 0 Å². The van der Waals surface area contributed by atoms with Crippen molar-refractivity contribution in [3.63, 3.8) is 0 Å². The van der Waals surface area contributed by atoms with Gasteiger partial charge in [-0.15, -0.1) is 0 Å². The summed E-state index contributed by atoms with van der Waals surface area (Å²) in [6.45, 7) is 0.661. The van der Waals surface area contributed by atoms with Crippen molar-refractivity contribution in [3.05, 3.63) is 18.0 Å². The number of anilines is 1. The summed E-state index contributed by atoms with van der Waals surface area (Å²) in [7, 11) is 0. The normalized spacial score (nSPS) is 14.6. The molecule has 1 saturated carbocycles. The van der Waals surface area contributed by atoms with E-state index in [0.717, 1.165) is 38.5 Å². The summed E-state index contributed by atoms with van der Waals surface area (Å²) in [4.78, 5) is 12.0. The molecule has 1 aromatic heterocycles. The summed E-state index contributed by atoms with van der Waals surface area (Å²) in [6.07, 6.45) is 7.63. The Balaban J connectivity index is 1.76. The number of esters is 1. The molecule has 0 bridgehead atoms. The fourth-order valence-corrected chi connectivity index (χ4v) is 2.13. The first-order chi connectivity index (χ1) is 9.22. The fraction of sp³-hybridized carbons (Fsp3) is 0.643. The molecule has 2 rings (SSSR count). The van der Waals surface area contributed by atoms with E-state index < -0.39 is 0 Å². The number of unbranched alkanes of at least 4 members (excludes halogenated alkanes) is 3. The van der Waals surface area contributed by atoms with Gasteiger partial charge in [-0.25, -0.2) is 4.79 Å². The second kappa shape index (κ2) is 6.61. The van der Waals surface area contributed by atoms with Gasteiger partial charge in [0, 0.05) is 18.8 Å². The van der Waals surface area contributed by atoms with E-state index >= 15 is 0 Å². The van der Waals surface area contributed by atoms with Crippen LogP contribution in [-0.4, -0.2) is 28.9 Å². The highest BCUT2D eigenvalue weighted by atomic mass is 16.5. The maximum absolute atomic E-state index is 12.0. The zero-order chi connectivity index (χ0) is 13.7. The third-order valence-electron chi connectivity index (χ3n) is 3.30. The monoisotopic (exact) mass is 266 g/mol. The number of ether oxygens (including phenoxy) is 1. The van der Waals surface area contributed by atoms with Gasteiger partial charge < -0.3 is 20.1 Å². The van der Waals surface area contributed by atoms with Crippen LogP contribution in [0.1, 0.15) is 55.1 Å². The predicted octanol–water partition coefficient (Wildman–Crippen LogP) is 2.11. The van der Waals surface area contributed by atoms with E-state index in [9.17, 15) is 4.79 Å². The molecule has 1 aliphatic rings. The average Bonchev–Trinajstić information content (AvgIpc) is 3.16. The van der Waals surface area contributed by atoms with Gasteiger partial charge in [-0.3, -0.25) is 0 Å². The first-order valence-corrected chi connectivity index (χ1v) is 6.97. The van der Waals surface area contributed by atoms with Crippen molar-refractivity contribution in [2.24, 2.45) is 0 Å². The highest BCUT2D eigenvalue weighted by Crippen LogP contribution is 2.37.